The fourth-order valence-electron chi connectivity index (χ4n) is 9.97. The first-order chi connectivity index (χ1) is 34.3. The molecular formula is C54H63ClN10O6S. The maximum atomic E-state index is 14.4. The van der Waals surface area contributed by atoms with E-state index in [0.29, 0.717) is 47.6 Å². The molecule has 378 valence electrons. The lowest BCUT2D eigenvalue weighted by atomic mass is 9.85. The first-order valence-electron chi connectivity index (χ1n) is 24.7. The number of aromatic nitrogens is 5. The van der Waals surface area contributed by atoms with E-state index in [1.165, 1.54) is 4.88 Å². The van der Waals surface area contributed by atoms with Crippen LogP contribution in [0.3, 0.4) is 0 Å². The summed E-state index contributed by atoms with van der Waals surface area (Å²) >= 11 is 7.95. The third-order valence-corrected chi connectivity index (χ3v) is 15.5. The SMILES string of the molecule is Cc1noc(-c2ccc([C@H](C)NC(C)C3C[C@@H](O)CN3C(=O)[C@@H](NC(=O)Cc3ccc(OC4CC(NC(=O)C[C@@H]5N=C(c6ccc(Cl)cc6)c6c(sc(C)c6C)-n6c(C)nnc65)C4)cc3)C(C)(C)C)cc2)n1. The fourth-order valence-corrected chi connectivity index (χ4v) is 11.3. The lowest BCUT2D eigenvalue weighted by Crippen LogP contribution is -2.58. The molecule has 72 heavy (non-hydrogen) atoms. The number of rotatable bonds is 15. The van der Waals surface area contributed by atoms with Gasteiger partial charge in [0.1, 0.15) is 34.8 Å². The number of thiophene rings is 1. The second-order valence-corrected chi connectivity index (χ2v) is 22.3. The van der Waals surface area contributed by atoms with Crippen LogP contribution in [-0.4, -0.2) is 101 Å². The number of carbonyl (C=O) groups is 3. The Balaban J connectivity index is 0.767. The summed E-state index contributed by atoms with van der Waals surface area (Å²) < 4.78 is 13.6. The lowest BCUT2D eigenvalue weighted by Gasteiger charge is -2.38. The molecule has 4 N–H and O–H groups in total. The number of halogens is 1. The van der Waals surface area contributed by atoms with Crippen molar-refractivity contribution in [3.05, 3.63) is 128 Å². The largest absolute Gasteiger partial charge is 0.490 e. The summed E-state index contributed by atoms with van der Waals surface area (Å²) in [7, 11) is 0. The van der Waals surface area contributed by atoms with E-state index < -0.39 is 23.6 Å². The van der Waals surface area contributed by atoms with Crippen molar-refractivity contribution in [3.63, 3.8) is 0 Å². The highest BCUT2D eigenvalue weighted by molar-refractivity contribution is 7.15. The number of β-amino-alcohol motifs (C(OH)–C–C–N with tert-alkyl or cyclic N) is 1. The number of amides is 3. The van der Waals surface area contributed by atoms with Crippen LogP contribution >= 0.6 is 22.9 Å². The maximum Gasteiger partial charge on any atom is 0.257 e. The molecule has 3 amide bonds. The molecule has 0 radical (unpaired) electrons. The number of benzene rings is 3. The number of aliphatic hydroxyl groups is 1. The van der Waals surface area contributed by atoms with Crippen LogP contribution < -0.4 is 20.7 Å². The summed E-state index contributed by atoms with van der Waals surface area (Å²) in [5.41, 5.74) is 5.89. The molecule has 3 aromatic heterocycles. The van der Waals surface area contributed by atoms with Crippen molar-refractivity contribution in [2.45, 2.75) is 143 Å². The van der Waals surface area contributed by atoms with Crippen LogP contribution in [0.2, 0.25) is 5.02 Å². The fraction of sp³-hybridized carbons (Fsp3) is 0.444. The van der Waals surface area contributed by atoms with Gasteiger partial charge < -0.3 is 35.2 Å². The Morgan fingerprint density at radius 3 is 2.28 bits per heavy atom. The van der Waals surface area contributed by atoms with Crippen molar-refractivity contribution in [2.75, 3.05) is 6.54 Å². The van der Waals surface area contributed by atoms with E-state index >= 15 is 0 Å². The number of likely N-dealkylation sites (tertiary alicyclic amines) is 1. The molecule has 1 saturated carbocycles. The van der Waals surface area contributed by atoms with Gasteiger partial charge in [-0.3, -0.25) is 23.9 Å². The zero-order chi connectivity index (χ0) is 51.2. The van der Waals surface area contributed by atoms with E-state index in [2.05, 4.69) is 57.1 Å². The van der Waals surface area contributed by atoms with E-state index in [4.69, 9.17) is 25.9 Å². The molecule has 1 saturated heterocycles. The summed E-state index contributed by atoms with van der Waals surface area (Å²) in [6.45, 7) is 18.0. The number of nitrogens with one attached hydrogen (secondary N) is 3. The molecule has 18 heteroatoms. The van der Waals surface area contributed by atoms with Gasteiger partial charge in [-0.1, -0.05) is 73.9 Å². The van der Waals surface area contributed by atoms with Crippen LogP contribution in [0.25, 0.3) is 16.5 Å². The maximum absolute atomic E-state index is 14.4. The molecule has 2 fully saturated rings. The third kappa shape index (κ3) is 10.9. The van der Waals surface area contributed by atoms with Crippen molar-refractivity contribution < 1.29 is 28.8 Å². The molecule has 5 heterocycles. The minimum atomic E-state index is -0.822. The minimum Gasteiger partial charge on any atom is -0.490 e. The zero-order valence-corrected chi connectivity index (χ0v) is 43.8. The van der Waals surface area contributed by atoms with Crippen LogP contribution in [0.5, 0.6) is 5.75 Å². The summed E-state index contributed by atoms with van der Waals surface area (Å²) in [6, 6.07) is 21.0. The van der Waals surface area contributed by atoms with Crippen molar-refractivity contribution in [2.24, 2.45) is 10.4 Å². The van der Waals surface area contributed by atoms with Gasteiger partial charge >= 0.3 is 0 Å². The molecule has 0 spiro atoms. The molecule has 6 atom stereocenters. The van der Waals surface area contributed by atoms with Gasteiger partial charge in [0, 0.05) is 70.1 Å². The smallest absolute Gasteiger partial charge is 0.257 e. The highest BCUT2D eigenvalue weighted by atomic mass is 35.5. The van der Waals surface area contributed by atoms with Crippen LogP contribution in [0.4, 0.5) is 0 Å². The Bertz CT molecular complexity index is 2970. The topological polar surface area (TPSA) is 202 Å². The predicted molar refractivity (Wildman–Crippen MR) is 277 cm³/mol. The average Bonchev–Trinajstić information content (AvgIpc) is 4.10. The number of hydrogen-bond donors (Lipinski definition) is 4. The van der Waals surface area contributed by atoms with Gasteiger partial charge in [-0.15, -0.1) is 21.5 Å². The molecule has 1 aliphatic carbocycles. The number of aliphatic imine (C=N–C) groups is 1. The molecule has 0 bridgehead atoms. The Kier molecular flexibility index (Phi) is 14.6. The van der Waals surface area contributed by atoms with E-state index in [9.17, 15) is 19.5 Å². The Morgan fingerprint density at radius 2 is 1.61 bits per heavy atom. The van der Waals surface area contributed by atoms with E-state index in [-0.39, 0.29) is 67.4 Å². The quantitative estimate of drug-likeness (QED) is 0.0776. The number of nitrogens with zero attached hydrogens (tertiary/aromatic N) is 7. The zero-order valence-electron chi connectivity index (χ0n) is 42.2. The number of fused-ring (bicyclic) bond motifs is 3. The van der Waals surface area contributed by atoms with Gasteiger partial charge in [-0.25, -0.2) is 0 Å². The van der Waals surface area contributed by atoms with E-state index in [0.717, 1.165) is 49.9 Å². The van der Waals surface area contributed by atoms with Gasteiger partial charge in [0.05, 0.1) is 24.7 Å². The Labute approximate surface area is 429 Å². The van der Waals surface area contributed by atoms with Crippen molar-refractivity contribution in [1.82, 2.24) is 45.8 Å². The van der Waals surface area contributed by atoms with E-state index in [1.807, 2.05) is 112 Å². The molecular weight excluding hydrogens is 952 g/mol. The van der Waals surface area contributed by atoms with Gasteiger partial charge in [-0.2, -0.15) is 4.98 Å². The van der Waals surface area contributed by atoms with Crippen LogP contribution in [0.1, 0.15) is 123 Å². The van der Waals surface area contributed by atoms with E-state index in [1.54, 1.807) is 23.2 Å². The van der Waals surface area contributed by atoms with Crippen molar-refractivity contribution in [1.29, 1.82) is 0 Å². The number of ether oxygens (including phenoxy) is 1. The summed E-state index contributed by atoms with van der Waals surface area (Å²) in [6.07, 6.45) is 1.11. The number of aryl methyl sites for hydroxylation is 3. The number of aliphatic hydroxyl groups excluding tert-OH is 1. The first-order valence-corrected chi connectivity index (χ1v) is 25.8. The first kappa shape index (κ1) is 50.7. The van der Waals surface area contributed by atoms with Gasteiger partial charge in [0.25, 0.3) is 5.89 Å². The highest BCUT2D eigenvalue weighted by Gasteiger charge is 2.44. The molecule has 16 nitrogen and oxygen atoms in total. The second kappa shape index (κ2) is 20.7. The average molecular weight is 1020 g/mol. The minimum absolute atomic E-state index is 0.0552. The Morgan fingerprint density at radius 1 is 0.917 bits per heavy atom. The molecule has 9 rings (SSSR count). The number of carbonyl (C=O) groups excluding carboxylic acids is 3. The summed E-state index contributed by atoms with van der Waals surface area (Å²) in [5.74, 6) is 2.43. The van der Waals surface area contributed by atoms with Gasteiger partial charge in [-0.05, 0) is 106 Å². The third-order valence-electron chi connectivity index (χ3n) is 14.1. The van der Waals surface area contributed by atoms with Gasteiger partial charge in [0.15, 0.2) is 11.6 Å². The van der Waals surface area contributed by atoms with Crippen molar-refractivity contribution >= 4 is 46.4 Å². The molecule has 6 aromatic rings. The van der Waals surface area contributed by atoms with Crippen molar-refractivity contribution in [3.8, 4) is 22.2 Å². The normalized spacial score (nSPS) is 20.8. The molecule has 3 aromatic carbocycles. The molecule has 3 aliphatic rings. The van der Waals surface area contributed by atoms with Crippen LogP contribution in [0, 0.1) is 33.1 Å². The monoisotopic (exact) mass is 1010 g/mol. The van der Waals surface area contributed by atoms with Crippen LogP contribution in [-0.2, 0) is 20.8 Å². The van der Waals surface area contributed by atoms with Gasteiger partial charge in [0.2, 0.25) is 17.7 Å². The van der Waals surface area contributed by atoms with Crippen LogP contribution in [0.15, 0.2) is 82.3 Å². The second-order valence-electron chi connectivity index (χ2n) is 20.7. The lowest BCUT2D eigenvalue weighted by molar-refractivity contribution is -0.140. The summed E-state index contributed by atoms with van der Waals surface area (Å²) in [5, 5.41) is 35.2. The Hall–Kier alpha value is -6.27. The standard InChI is InChI=1S/C54H63ClN10O6S/c1-28-31(4)72-53-47(28)48(36-16-18-38(55)19-17-36)59-43(50-62-61-33(6)65(50)53)26-46(68)58-39-23-42(24-39)70-41-20-10-34(11-21-41)22-45(67)60-49(54(7,8)9)52(69)64-27-40(66)25-44(64)30(3)56-29(2)35-12-14-37(15-13-35)51-57-32(5)63-71-51/h10-21,29-30,39-40,42-44,49,56,66H,22-27H2,1-9H3,(H,58,68)(H,60,67)/t29-,30?,39?,40+,42?,43-,44?,49+/m0/s1. The molecule has 2 aliphatic heterocycles. The molecule has 2 unspecified atom stereocenters. The number of hydrogen-bond acceptors (Lipinski definition) is 13. The predicted octanol–water partition coefficient (Wildman–Crippen LogP) is 8.05. The summed E-state index contributed by atoms with van der Waals surface area (Å²) in [4.78, 5) is 54.2. The highest BCUT2D eigenvalue weighted by Crippen LogP contribution is 2.40.